The Morgan fingerprint density at radius 2 is 1.96 bits per heavy atom. The molecule has 8 heteroatoms. The van der Waals surface area contributed by atoms with Crippen molar-refractivity contribution in [2.24, 2.45) is 0 Å². The number of aromatic amines is 1. The molecule has 1 aromatic heterocycles. The van der Waals surface area contributed by atoms with Crippen molar-refractivity contribution in [2.75, 3.05) is 26.7 Å². The number of H-pyrrole nitrogens is 1. The molecule has 3 amide bonds. The van der Waals surface area contributed by atoms with Gasteiger partial charge in [0.1, 0.15) is 0 Å². The molecule has 1 aliphatic rings. The maximum Gasteiger partial charge on any atom is 0.326 e. The second-order valence-corrected chi connectivity index (χ2v) is 6.27. The summed E-state index contributed by atoms with van der Waals surface area (Å²) in [4.78, 5) is 40.1. The van der Waals surface area contributed by atoms with Crippen molar-refractivity contribution in [2.45, 2.75) is 25.3 Å². The fraction of sp³-hybridized carbons (Fsp3) is 0.471. The molecule has 3 rings (SSSR count). The van der Waals surface area contributed by atoms with Crippen LogP contribution < -0.4 is 16.3 Å². The molecular formula is C17H23N5O3. The van der Waals surface area contributed by atoms with E-state index in [1.54, 1.807) is 0 Å². The van der Waals surface area contributed by atoms with Crippen LogP contribution >= 0.6 is 0 Å². The normalized spacial score (nSPS) is 16.0. The van der Waals surface area contributed by atoms with Crippen LogP contribution in [-0.4, -0.2) is 53.1 Å². The number of fused-ring (bicyclic) bond motifs is 1. The number of nitrogens with one attached hydrogen (secondary N) is 3. The number of para-hydroxylation sites is 2. The summed E-state index contributed by atoms with van der Waals surface area (Å²) in [6.07, 6.45) is 2.00. The van der Waals surface area contributed by atoms with Crippen LogP contribution in [0.2, 0.25) is 0 Å². The van der Waals surface area contributed by atoms with Crippen LogP contribution in [0.15, 0.2) is 29.1 Å². The highest BCUT2D eigenvalue weighted by Crippen LogP contribution is 2.24. The summed E-state index contributed by atoms with van der Waals surface area (Å²) < 4.78 is 1.85. The fourth-order valence-corrected chi connectivity index (χ4v) is 3.35. The number of hydrogen-bond donors (Lipinski definition) is 3. The van der Waals surface area contributed by atoms with Gasteiger partial charge in [0.05, 0.1) is 11.0 Å². The number of urea groups is 1. The van der Waals surface area contributed by atoms with E-state index in [-0.39, 0.29) is 24.1 Å². The van der Waals surface area contributed by atoms with Crippen molar-refractivity contribution in [1.82, 2.24) is 25.1 Å². The first-order chi connectivity index (χ1) is 12.1. The third kappa shape index (κ3) is 3.90. The van der Waals surface area contributed by atoms with Gasteiger partial charge in [-0.2, -0.15) is 0 Å². The van der Waals surface area contributed by atoms with Crippen molar-refractivity contribution in [3.63, 3.8) is 0 Å². The summed E-state index contributed by atoms with van der Waals surface area (Å²) in [5, 5.41) is 4.62. The molecule has 0 atom stereocenters. The number of carbonyl (C=O) groups excluding carboxylic acids is 2. The number of piperidine rings is 1. The number of benzene rings is 1. The first-order valence-electron chi connectivity index (χ1n) is 8.51. The van der Waals surface area contributed by atoms with Crippen LogP contribution in [0.5, 0.6) is 0 Å². The van der Waals surface area contributed by atoms with Gasteiger partial charge in [0.15, 0.2) is 0 Å². The molecule has 8 nitrogen and oxygen atoms in total. The molecule has 0 spiro atoms. The Balaban J connectivity index is 1.55. The number of imidazole rings is 1. The average Bonchev–Trinajstić information content (AvgIpc) is 2.96. The third-order valence-electron chi connectivity index (χ3n) is 4.68. The molecule has 0 radical (unpaired) electrons. The molecule has 1 aliphatic heterocycles. The second kappa shape index (κ2) is 7.52. The molecule has 0 unspecified atom stereocenters. The number of amides is 3. The Kier molecular flexibility index (Phi) is 5.18. The zero-order valence-corrected chi connectivity index (χ0v) is 14.2. The SMILES string of the molecule is CNC(=O)NC(=O)CCN1CCC(n2c(=O)[nH]c3ccccc32)CC1. The molecule has 0 saturated carbocycles. The lowest BCUT2D eigenvalue weighted by atomic mass is 10.0. The molecule has 0 aliphatic carbocycles. The van der Waals surface area contributed by atoms with Gasteiger partial charge in [0.25, 0.3) is 0 Å². The van der Waals surface area contributed by atoms with E-state index in [9.17, 15) is 14.4 Å². The summed E-state index contributed by atoms with van der Waals surface area (Å²) in [6, 6.07) is 7.40. The number of likely N-dealkylation sites (tertiary alicyclic amines) is 1. The lowest BCUT2D eigenvalue weighted by Gasteiger charge is -2.32. The van der Waals surface area contributed by atoms with Crippen LogP contribution in [0, 0.1) is 0 Å². The number of rotatable bonds is 4. The van der Waals surface area contributed by atoms with Gasteiger partial charge >= 0.3 is 11.7 Å². The highest BCUT2D eigenvalue weighted by molar-refractivity contribution is 5.94. The minimum Gasteiger partial charge on any atom is -0.341 e. The fourth-order valence-electron chi connectivity index (χ4n) is 3.35. The van der Waals surface area contributed by atoms with E-state index in [0.717, 1.165) is 37.0 Å². The smallest absolute Gasteiger partial charge is 0.326 e. The molecule has 1 saturated heterocycles. The van der Waals surface area contributed by atoms with Crippen molar-refractivity contribution in [3.8, 4) is 0 Å². The summed E-state index contributed by atoms with van der Waals surface area (Å²) in [6.45, 7) is 2.26. The quantitative estimate of drug-likeness (QED) is 0.764. The number of nitrogens with zero attached hydrogens (tertiary/aromatic N) is 2. The van der Waals surface area contributed by atoms with E-state index in [1.807, 2.05) is 28.8 Å². The maximum absolute atomic E-state index is 12.3. The van der Waals surface area contributed by atoms with Gasteiger partial charge in [-0.25, -0.2) is 9.59 Å². The average molecular weight is 345 g/mol. The van der Waals surface area contributed by atoms with E-state index < -0.39 is 6.03 Å². The minimum atomic E-state index is -0.484. The van der Waals surface area contributed by atoms with Crippen LogP contribution in [0.25, 0.3) is 11.0 Å². The number of imide groups is 1. The van der Waals surface area contributed by atoms with E-state index in [1.165, 1.54) is 7.05 Å². The minimum absolute atomic E-state index is 0.0652. The number of hydrogen-bond acceptors (Lipinski definition) is 4. The summed E-state index contributed by atoms with van der Waals surface area (Å²) in [5.74, 6) is -0.283. The molecule has 1 fully saturated rings. The van der Waals surface area contributed by atoms with Crippen LogP contribution in [-0.2, 0) is 4.79 Å². The topological polar surface area (TPSA) is 99.2 Å². The van der Waals surface area contributed by atoms with Crippen molar-refractivity contribution >= 4 is 23.0 Å². The van der Waals surface area contributed by atoms with E-state index >= 15 is 0 Å². The summed E-state index contributed by atoms with van der Waals surface area (Å²) >= 11 is 0. The largest absolute Gasteiger partial charge is 0.341 e. The van der Waals surface area contributed by atoms with Crippen molar-refractivity contribution in [1.29, 1.82) is 0 Å². The van der Waals surface area contributed by atoms with E-state index in [2.05, 4.69) is 20.5 Å². The third-order valence-corrected chi connectivity index (χ3v) is 4.68. The van der Waals surface area contributed by atoms with Gasteiger partial charge in [-0.15, -0.1) is 0 Å². The second-order valence-electron chi connectivity index (χ2n) is 6.27. The first-order valence-corrected chi connectivity index (χ1v) is 8.51. The first kappa shape index (κ1) is 17.2. The van der Waals surface area contributed by atoms with Gasteiger partial charge in [-0.1, -0.05) is 12.1 Å². The Hall–Kier alpha value is -2.61. The van der Waals surface area contributed by atoms with E-state index in [4.69, 9.17) is 0 Å². The Morgan fingerprint density at radius 3 is 2.68 bits per heavy atom. The zero-order valence-electron chi connectivity index (χ0n) is 14.2. The van der Waals surface area contributed by atoms with Gasteiger partial charge < -0.3 is 15.2 Å². The van der Waals surface area contributed by atoms with Crippen molar-refractivity contribution < 1.29 is 9.59 Å². The Bertz CT molecular complexity index is 817. The summed E-state index contributed by atoms with van der Waals surface area (Å²) in [5.41, 5.74) is 1.74. The monoisotopic (exact) mass is 345 g/mol. The predicted molar refractivity (Wildman–Crippen MR) is 94.5 cm³/mol. The van der Waals surface area contributed by atoms with E-state index in [0.29, 0.717) is 6.54 Å². The van der Waals surface area contributed by atoms with Gasteiger partial charge in [-0.3, -0.25) is 14.7 Å². The molecule has 1 aromatic carbocycles. The van der Waals surface area contributed by atoms with Crippen molar-refractivity contribution in [3.05, 3.63) is 34.7 Å². The lowest BCUT2D eigenvalue weighted by Crippen LogP contribution is -2.41. The molecule has 3 N–H and O–H groups in total. The lowest BCUT2D eigenvalue weighted by molar-refractivity contribution is -0.120. The Labute approximate surface area is 145 Å². The van der Waals surface area contributed by atoms with Gasteiger partial charge in [-0.05, 0) is 25.0 Å². The zero-order chi connectivity index (χ0) is 17.8. The standard InChI is InChI=1S/C17H23N5O3/c1-18-16(24)20-15(23)8-11-21-9-6-12(7-10-21)22-14-5-3-2-4-13(14)19-17(22)25/h2-5,12H,6-11H2,1H3,(H,19,25)(H2,18,20,23,24). The van der Waals surface area contributed by atoms with Gasteiger partial charge in [0.2, 0.25) is 5.91 Å². The van der Waals surface area contributed by atoms with Crippen LogP contribution in [0.3, 0.4) is 0 Å². The molecule has 2 aromatic rings. The molecule has 25 heavy (non-hydrogen) atoms. The number of carbonyl (C=O) groups is 2. The molecular weight excluding hydrogens is 322 g/mol. The Morgan fingerprint density at radius 1 is 1.24 bits per heavy atom. The van der Waals surface area contributed by atoms with Crippen LogP contribution in [0.4, 0.5) is 4.79 Å². The highest BCUT2D eigenvalue weighted by atomic mass is 16.2. The molecule has 0 bridgehead atoms. The van der Waals surface area contributed by atoms with Crippen LogP contribution in [0.1, 0.15) is 25.3 Å². The number of aromatic nitrogens is 2. The molecule has 2 heterocycles. The predicted octanol–water partition coefficient (Wildman–Crippen LogP) is 0.812. The highest BCUT2D eigenvalue weighted by Gasteiger charge is 2.23. The maximum atomic E-state index is 12.3. The molecule has 134 valence electrons. The summed E-state index contributed by atoms with van der Waals surface area (Å²) in [7, 11) is 1.47. The van der Waals surface area contributed by atoms with Gasteiger partial charge in [0, 0.05) is 39.1 Å².